The van der Waals surface area contributed by atoms with Crippen LogP contribution in [0.1, 0.15) is 0 Å². The lowest BCUT2D eigenvalue weighted by molar-refractivity contribution is 1.74. The van der Waals surface area contributed by atoms with Gasteiger partial charge in [-0.1, -0.05) is 140 Å². The van der Waals surface area contributed by atoms with Gasteiger partial charge in [-0.2, -0.15) is 0 Å². The minimum Gasteiger partial charge on any atom is -0.0622 e. The molecule has 5 aromatic carbocycles. The van der Waals surface area contributed by atoms with Crippen molar-refractivity contribution in [3.63, 3.8) is 0 Å². The Kier molecular flexibility index (Phi) is 6.55. The van der Waals surface area contributed by atoms with Gasteiger partial charge in [0.05, 0.1) is 0 Å². The number of rotatable bonds is 6. The average molecular weight is 445 g/mol. The van der Waals surface area contributed by atoms with E-state index in [2.05, 4.69) is 146 Å². The van der Waals surface area contributed by atoms with Gasteiger partial charge in [0.2, 0.25) is 0 Å². The van der Waals surface area contributed by atoms with Crippen molar-refractivity contribution in [1.29, 1.82) is 0 Å². The van der Waals surface area contributed by atoms with E-state index in [9.17, 15) is 0 Å². The van der Waals surface area contributed by atoms with Gasteiger partial charge in [0, 0.05) is 5.30 Å². The summed E-state index contributed by atoms with van der Waals surface area (Å²) in [4.78, 5) is 0. The van der Waals surface area contributed by atoms with Crippen LogP contribution in [0.25, 0.3) is 0 Å². The predicted octanol–water partition coefficient (Wildman–Crippen LogP) is 5.00. The van der Waals surface area contributed by atoms with Crippen LogP contribution in [0.3, 0.4) is 0 Å². The van der Waals surface area contributed by atoms with Crippen LogP contribution in [-0.4, -0.2) is 0 Å². The topological polar surface area (TPSA) is 0 Å². The standard InChI is InChI=1S/C30H23P2/c1-5-15-25(16-6-1)31(26-17-7-2-8-18-26)29-23-13-14-24-30(29)32(27-19-9-3-10-20-27)28-21-11-4-12-22-28/h1-23H. The van der Waals surface area contributed by atoms with Crippen molar-refractivity contribution in [1.82, 2.24) is 0 Å². The molecule has 0 amide bonds. The fraction of sp³-hybridized carbons (Fsp3) is 0. The third-order valence-electron chi connectivity index (χ3n) is 5.34. The third-order valence-corrected chi connectivity index (χ3v) is 10.4. The zero-order valence-corrected chi connectivity index (χ0v) is 19.5. The van der Waals surface area contributed by atoms with Gasteiger partial charge < -0.3 is 0 Å². The second-order valence-electron chi connectivity index (χ2n) is 7.42. The molecule has 0 atom stereocenters. The SMILES string of the molecule is [c]1cccc(P(c2ccccc2)c2ccccc2)c1P(c1ccccc1)c1ccccc1. The molecule has 32 heavy (non-hydrogen) atoms. The van der Waals surface area contributed by atoms with Crippen LogP contribution in [0.4, 0.5) is 0 Å². The van der Waals surface area contributed by atoms with Gasteiger partial charge in [-0.3, -0.25) is 0 Å². The number of hydrogen-bond acceptors (Lipinski definition) is 0. The first-order valence-corrected chi connectivity index (χ1v) is 13.4. The highest BCUT2D eigenvalue weighted by molar-refractivity contribution is 7.85. The lowest BCUT2D eigenvalue weighted by atomic mass is 10.3. The Hall–Kier alpha value is -3.04. The summed E-state index contributed by atoms with van der Waals surface area (Å²) in [5.41, 5.74) is 0. The van der Waals surface area contributed by atoms with E-state index in [1.807, 2.05) is 0 Å². The summed E-state index contributed by atoms with van der Waals surface area (Å²) in [5, 5.41) is 8.15. The van der Waals surface area contributed by atoms with Crippen molar-refractivity contribution in [2.24, 2.45) is 0 Å². The summed E-state index contributed by atoms with van der Waals surface area (Å²) in [6.45, 7) is 0. The zero-order chi connectivity index (χ0) is 21.6. The van der Waals surface area contributed by atoms with Gasteiger partial charge in [0.15, 0.2) is 0 Å². The molecule has 5 rings (SSSR count). The molecule has 0 aliphatic heterocycles. The largest absolute Gasteiger partial charge is 0.0622 e. The predicted molar refractivity (Wildman–Crippen MR) is 143 cm³/mol. The lowest BCUT2D eigenvalue weighted by Crippen LogP contribution is -2.34. The Labute approximate surface area is 193 Å². The molecule has 153 valence electrons. The summed E-state index contributed by atoms with van der Waals surface area (Å²) < 4.78 is 0. The molecule has 0 aliphatic carbocycles. The Morgan fingerprint density at radius 3 is 1.16 bits per heavy atom. The highest BCUT2D eigenvalue weighted by atomic mass is 31.1. The molecule has 2 heteroatoms. The number of hydrogen-bond donors (Lipinski definition) is 0. The molecule has 0 spiro atoms. The van der Waals surface area contributed by atoms with Crippen LogP contribution in [-0.2, 0) is 0 Å². The summed E-state index contributed by atoms with van der Waals surface area (Å²) >= 11 is 0. The quantitative estimate of drug-likeness (QED) is 0.323. The molecule has 5 aromatic rings. The first-order chi connectivity index (χ1) is 15.9. The summed E-state index contributed by atoms with van der Waals surface area (Å²) in [5.74, 6) is 0. The van der Waals surface area contributed by atoms with Crippen molar-refractivity contribution in [2.45, 2.75) is 0 Å². The van der Waals surface area contributed by atoms with Crippen molar-refractivity contribution >= 4 is 47.7 Å². The molecular weight excluding hydrogens is 422 g/mol. The molecule has 0 aliphatic rings. The maximum Gasteiger partial charge on any atom is 0.00113 e. The average Bonchev–Trinajstić information content (AvgIpc) is 2.88. The first kappa shape index (κ1) is 20.8. The van der Waals surface area contributed by atoms with Gasteiger partial charge in [0.1, 0.15) is 0 Å². The molecule has 0 N–H and O–H groups in total. The molecule has 0 heterocycles. The van der Waals surface area contributed by atoms with Crippen LogP contribution >= 0.6 is 15.8 Å². The summed E-state index contributed by atoms with van der Waals surface area (Å²) in [6, 6.07) is 53.9. The molecule has 0 nitrogen and oxygen atoms in total. The molecule has 0 aromatic heterocycles. The van der Waals surface area contributed by atoms with E-state index in [0.29, 0.717) is 0 Å². The minimum atomic E-state index is -0.719. The van der Waals surface area contributed by atoms with E-state index in [0.717, 1.165) is 0 Å². The zero-order valence-electron chi connectivity index (χ0n) is 17.7. The van der Waals surface area contributed by atoms with Gasteiger partial charge >= 0.3 is 0 Å². The molecule has 1 radical (unpaired) electrons. The molecule has 0 bridgehead atoms. The minimum absolute atomic E-state index is 0.695. The Morgan fingerprint density at radius 1 is 0.375 bits per heavy atom. The normalized spacial score (nSPS) is 11.1. The van der Waals surface area contributed by atoms with Crippen LogP contribution in [0.2, 0.25) is 0 Å². The highest BCUT2D eigenvalue weighted by Gasteiger charge is 2.25. The number of benzene rings is 5. The monoisotopic (exact) mass is 445 g/mol. The smallest absolute Gasteiger partial charge is 0.00113 e. The maximum absolute atomic E-state index is 3.70. The van der Waals surface area contributed by atoms with Crippen molar-refractivity contribution in [2.75, 3.05) is 0 Å². The van der Waals surface area contributed by atoms with E-state index in [1.165, 1.54) is 31.8 Å². The second-order valence-corrected chi connectivity index (χ2v) is 11.8. The van der Waals surface area contributed by atoms with Crippen LogP contribution in [0.5, 0.6) is 0 Å². The van der Waals surface area contributed by atoms with E-state index >= 15 is 0 Å². The van der Waals surface area contributed by atoms with Crippen molar-refractivity contribution < 1.29 is 0 Å². The molecule has 0 saturated heterocycles. The van der Waals surface area contributed by atoms with E-state index in [4.69, 9.17) is 0 Å². The molecular formula is C30H23P2. The molecule has 0 fully saturated rings. The first-order valence-electron chi connectivity index (χ1n) is 10.7. The Balaban J connectivity index is 1.74. The van der Waals surface area contributed by atoms with Crippen LogP contribution < -0.4 is 31.8 Å². The lowest BCUT2D eigenvalue weighted by Gasteiger charge is -2.27. The van der Waals surface area contributed by atoms with Crippen molar-refractivity contribution in [3.05, 3.63) is 146 Å². The van der Waals surface area contributed by atoms with Crippen molar-refractivity contribution in [3.8, 4) is 0 Å². The van der Waals surface area contributed by atoms with E-state index < -0.39 is 15.8 Å². The highest BCUT2D eigenvalue weighted by Crippen LogP contribution is 2.38. The molecule has 0 saturated carbocycles. The van der Waals surface area contributed by atoms with Gasteiger partial charge in [-0.05, 0) is 48.4 Å². The van der Waals surface area contributed by atoms with Crippen LogP contribution in [0, 0.1) is 6.07 Å². The summed E-state index contributed by atoms with van der Waals surface area (Å²) in [7, 11) is -1.41. The van der Waals surface area contributed by atoms with E-state index in [1.54, 1.807) is 0 Å². The Bertz CT molecular complexity index is 1070. The fourth-order valence-electron chi connectivity index (χ4n) is 3.92. The van der Waals surface area contributed by atoms with Gasteiger partial charge in [0.25, 0.3) is 0 Å². The van der Waals surface area contributed by atoms with E-state index in [-0.39, 0.29) is 0 Å². The van der Waals surface area contributed by atoms with Gasteiger partial charge in [-0.15, -0.1) is 0 Å². The van der Waals surface area contributed by atoms with Crippen LogP contribution in [0.15, 0.2) is 140 Å². The fourth-order valence-corrected chi connectivity index (χ4v) is 9.09. The maximum atomic E-state index is 3.70. The summed E-state index contributed by atoms with van der Waals surface area (Å²) in [6.07, 6.45) is 0. The van der Waals surface area contributed by atoms with Gasteiger partial charge in [-0.25, -0.2) is 0 Å². The Morgan fingerprint density at radius 2 is 0.750 bits per heavy atom. The third kappa shape index (κ3) is 4.44. The molecule has 0 unspecified atom stereocenters. The second kappa shape index (κ2) is 10.1.